The van der Waals surface area contributed by atoms with Crippen molar-refractivity contribution in [1.29, 1.82) is 0 Å². The van der Waals surface area contributed by atoms with E-state index in [-0.39, 0.29) is 11.8 Å². The molecule has 1 aliphatic rings. The molecule has 0 radical (unpaired) electrons. The van der Waals surface area contributed by atoms with Crippen LogP contribution in [0.1, 0.15) is 32.4 Å². The maximum absolute atomic E-state index is 12.1. The Kier molecular flexibility index (Phi) is 4.16. The fourth-order valence-electron chi connectivity index (χ4n) is 2.25. The number of aliphatic hydroxyl groups is 1. The number of aromatic nitrogens is 1. The van der Waals surface area contributed by atoms with E-state index in [1.165, 1.54) is 0 Å². The third kappa shape index (κ3) is 3.48. The number of rotatable bonds is 3. The van der Waals surface area contributed by atoms with Crippen LogP contribution in [0.4, 0.5) is 0 Å². The number of nitrogens with zero attached hydrogens (tertiary/aromatic N) is 2. The summed E-state index contributed by atoms with van der Waals surface area (Å²) in [5.41, 5.74) is -0.671. The highest BCUT2D eigenvalue weighted by atomic mass is 35.5. The molecule has 0 saturated carbocycles. The van der Waals surface area contributed by atoms with Gasteiger partial charge in [0.05, 0.1) is 5.60 Å². The second kappa shape index (κ2) is 5.51. The van der Waals surface area contributed by atoms with Crippen molar-refractivity contribution in [3.63, 3.8) is 0 Å². The Morgan fingerprint density at radius 2 is 2.47 bits per heavy atom. The number of carbonyl (C=O) groups is 1. The molecule has 0 aromatic carbocycles. The van der Waals surface area contributed by atoms with Crippen molar-refractivity contribution >= 4 is 17.5 Å². The van der Waals surface area contributed by atoms with Crippen molar-refractivity contribution in [2.24, 2.45) is 5.92 Å². The molecule has 0 unspecified atom stereocenters. The third-order valence-electron chi connectivity index (χ3n) is 3.91. The van der Waals surface area contributed by atoms with Gasteiger partial charge in [-0.3, -0.25) is 4.79 Å². The monoisotopic (exact) mass is 286 g/mol. The number of aryl methyl sites for hydroxylation is 1. The Hall–Kier alpha value is -1.07. The Bertz CT molecular complexity index is 458. The predicted octanol–water partition coefficient (Wildman–Crippen LogP) is 1.88. The Morgan fingerprint density at radius 3 is 3.05 bits per heavy atom. The smallest absolute Gasteiger partial charge is 0.223 e. The fraction of sp³-hybridized carbons (Fsp3) is 0.692. The van der Waals surface area contributed by atoms with Crippen LogP contribution in [0.5, 0.6) is 0 Å². The van der Waals surface area contributed by atoms with E-state index in [1.807, 2.05) is 13.8 Å². The van der Waals surface area contributed by atoms with E-state index < -0.39 is 5.60 Å². The normalized spacial score (nSPS) is 27.6. The van der Waals surface area contributed by atoms with Gasteiger partial charge in [-0.15, -0.1) is 0 Å². The van der Waals surface area contributed by atoms with Crippen LogP contribution in [0.3, 0.4) is 0 Å². The zero-order valence-corrected chi connectivity index (χ0v) is 12.0. The van der Waals surface area contributed by atoms with Crippen molar-refractivity contribution in [2.75, 3.05) is 13.1 Å². The molecular weight excluding hydrogens is 268 g/mol. The molecule has 0 aliphatic carbocycles. The average Bonchev–Trinajstić information content (AvgIpc) is 2.76. The molecule has 1 aromatic rings. The van der Waals surface area contributed by atoms with Gasteiger partial charge in [0.25, 0.3) is 0 Å². The maximum atomic E-state index is 12.1. The zero-order chi connectivity index (χ0) is 14.0. The summed E-state index contributed by atoms with van der Waals surface area (Å²) in [5, 5.41) is 14.0. The summed E-state index contributed by atoms with van der Waals surface area (Å²) < 4.78 is 4.96. The summed E-state index contributed by atoms with van der Waals surface area (Å²) >= 11 is 5.65. The van der Waals surface area contributed by atoms with Crippen LogP contribution < -0.4 is 0 Å². The molecule has 2 atom stereocenters. The summed E-state index contributed by atoms with van der Waals surface area (Å²) in [5.74, 6) is 0.787. The van der Waals surface area contributed by atoms with E-state index in [2.05, 4.69) is 5.16 Å². The minimum atomic E-state index is -0.671. The Balaban J connectivity index is 1.84. The van der Waals surface area contributed by atoms with Crippen LogP contribution in [0.2, 0.25) is 5.15 Å². The van der Waals surface area contributed by atoms with E-state index in [0.717, 1.165) is 0 Å². The van der Waals surface area contributed by atoms with Crippen LogP contribution >= 0.6 is 11.6 Å². The summed E-state index contributed by atoms with van der Waals surface area (Å²) in [6.45, 7) is 5.00. The number of halogens is 1. The van der Waals surface area contributed by atoms with Crippen molar-refractivity contribution in [1.82, 2.24) is 10.1 Å². The highest BCUT2D eigenvalue weighted by Gasteiger charge is 2.35. The lowest BCUT2D eigenvalue weighted by Gasteiger charge is -2.41. The molecule has 2 heterocycles. The molecule has 1 fully saturated rings. The van der Waals surface area contributed by atoms with Gasteiger partial charge in [0.1, 0.15) is 5.76 Å². The first-order chi connectivity index (χ1) is 8.88. The zero-order valence-electron chi connectivity index (χ0n) is 11.2. The number of likely N-dealkylation sites (tertiary alicyclic amines) is 1. The second-order valence-electron chi connectivity index (χ2n) is 5.46. The van der Waals surface area contributed by atoms with Crippen LogP contribution in [0.25, 0.3) is 0 Å². The highest BCUT2D eigenvalue weighted by Crippen LogP contribution is 2.27. The van der Waals surface area contributed by atoms with Crippen LogP contribution in [-0.4, -0.2) is 39.8 Å². The van der Waals surface area contributed by atoms with Crippen LogP contribution in [0, 0.1) is 5.92 Å². The fourth-order valence-corrected chi connectivity index (χ4v) is 2.40. The molecule has 1 amide bonds. The molecular formula is C13H19ClN2O3. The number of amides is 1. The topological polar surface area (TPSA) is 66.6 Å². The molecule has 1 aromatic heterocycles. The molecule has 106 valence electrons. The van der Waals surface area contributed by atoms with Gasteiger partial charge in [-0.2, -0.15) is 0 Å². The van der Waals surface area contributed by atoms with Crippen LogP contribution in [0.15, 0.2) is 10.6 Å². The quantitative estimate of drug-likeness (QED) is 0.921. The standard InChI is InChI=1S/C13H19ClN2O3/c1-9-8-16(6-5-13(9,2)18)12(17)4-3-10-7-11(14)15-19-10/h7,9,18H,3-6,8H2,1-2H3/t9-,13+/m0/s1. The van der Waals surface area contributed by atoms with Gasteiger partial charge in [-0.25, -0.2) is 0 Å². The molecule has 2 rings (SSSR count). The number of hydrogen-bond donors (Lipinski definition) is 1. The molecule has 1 N–H and O–H groups in total. The highest BCUT2D eigenvalue weighted by molar-refractivity contribution is 6.29. The molecule has 1 aliphatic heterocycles. The first-order valence-corrected chi connectivity index (χ1v) is 6.87. The van der Waals surface area contributed by atoms with E-state index >= 15 is 0 Å². The lowest BCUT2D eigenvalue weighted by molar-refractivity contribution is -0.138. The first-order valence-electron chi connectivity index (χ1n) is 6.50. The summed E-state index contributed by atoms with van der Waals surface area (Å²) in [4.78, 5) is 13.9. The molecule has 0 bridgehead atoms. The van der Waals surface area contributed by atoms with Gasteiger partial charge in [-0.1, -0.05) is 23.7 Å². The van der Waals surface area contributed by atoms with Crippen molar-refractivity contribution < 1.29 is 14.4 Å². The van der Waals surface area contributed by atoms with Crippen molar-refractivity contribution in [3.05, 3.63) is 17.0 Å². The molecule has 1 saturated heterocycles. The molecule has 0 spiro atoms. The van der Waals surface area contributed by atoms with Gasteiger partial charge in [0.2, 0.25) is 5.91 Å². The summed E-state index contributed by atoms with van der Waals surface area (Å²) in [6, 6.07) is 1.62. The minimum absolute atomic E-state index is 0.0786. The van der Waals surface area contributed by atoms with E-state index in [9.17, 15) is 9.90 Å². The van der Waals surface area contributed by atoms with Gasteiger partial charge in [0, 0.05) is 37.9 Å². The minimum Gasteiger partial charge on any atom is -0.390 e. The largest absolute Gasteiger partial charge is 0.390 e. The van der Waals surface area contributed by atoms with E-state index in [4.69, 9.17) is 16.1 Å². The molecule has 6 heteroatoms. The maximum Gasteiger partial charge on any atom is 0.223 e. The average molecular weight is 287 g/mol. The van der Waals surface area contributed by atoms with Gasteiger partial charge in [-0.05, 0) is 13.3 Å². The lowest BCUT2D eigenvalue weighted by Crippen LogP contribution is -2.50. The third-order valence-corrected chi connectivity index (χ3v) is 4.09. The van der Waals surface area contributed by atoms with Gasteiger partial charge in [0.15, 0.2) is 5.15 Å². The first kappa shape index (κ1) is 14.3. The van der Waals surface area contributed by atoms with Crippen LogP contribution in [-0.2, 0) is 11.2 Å². The summed E-state index contributed by atoms with van der Waals surface area (Å²) in [7, 11) is 0. The lowest BCUT2D eigenvalue weighted by atomic mass is 9.84. The molecule has 5 nitrogen and oxygen atoms in total. The van der Waals surface area contributed by atoms with Crippen molar-refractivity contribution in [3.8, 4) is 0 Å². The summed E-state index contributed by atoms with van der Waals surface area (Å²) in [6.07, 6.45) is 1.49. The Morgan fingerprint density at radius 1 is 1.74 bits per heavy atom. The van der Waals surface area contributed by atoms with E-state index in [0.29, 0.717) is 43.3 Å². The number of carbonyl (C=O) groups excluding carboxylic acids is 1. The van der Waals surface area contributed by atoms with E-state index in [1.54, 1.807) is 11.0 Å². The van der Waals surface area contributed by atoms with Gasteiger partial charge >= 0.3 is 0 Å². The van der Waals surface area contributed by atoms with Crippen molar-refractivity contribution in [2.45, 2.75) is 38.7 Å². The predicted molar refractivity (Wildman–Crippen MR) is 70.8 cm³/mol. The van der Waals surface area contributed by atoms with Gasteiger partial charge < -0.3 is 14.5 Å². The number of hydrogen-bond acceptors (Lipinski definition) is 4. The SMILES string of the molecule is C[C@H]1CN(C(=O)CCc2cc(Cl)no2)CC[C@@]1(C)O. The Labute approximate surface area is 117 Å². The molecule has 19 heavy (non-hydrogen) atoms. The number of piperidine rings is 1. The second-order valence-corrected chi connectivity index (χ2v) is 5.85.